The van der Waals surface area contributed by atoms with E-state index in [9.17, 15) is 9.90 Å². The lowest BCUT2D eigenvalue weighted by Gasteiger charge is -2.31. The Hall–Kier alpha value is -0.780. The molecule has 1 aromatic carbocycles. The molecule has 2 rings (SSSR count). The van der Waals surface area contributed by atoms with Crippen LogP contribution in [0.3, 0.4) is 0 Å². The molecule has 1 fully saturated rings. The molecule has 1 unspecified atom stereocenters. The van der Waals surface area contributed by atoms with E-state index in [-0.39, 0.29) is 11.7 Å². The average Bonchev–Trinajstić information content (AvgIpc) is 2.31. The van der Waals surface area contributed by atoms with Crippen LogP contribution in [0.25, 0.3) is 0 Å². The van der Waals surface area contributed by atoms with Crippen molar-refractivity contribution in [3.8, 4) is 5.75 Å². The Morgan fingerprint density at radius 1 is 1.53 bits per heavy atom. The van der Waals surface area contributed by atoms with Gasteiger partial charge in [-0.1, -0.05) is 6.92 Å². The van der Waals surface area contributed by atoms with Gasteiger partial charge in [-0.3, -0.25) is 4.79 Å². The molecular weight excluding hydrogens is 329 g/mol. The van der Waals surface area contributed by atoms with Gasteiger partial charge in [0, 0.05) is 16.7 Å². The molecule has 92 valence electrons. The van der Waals surface area contributed by atoms with Gasteiger partial charge in [0.05, 0.1) is 5.56 Å². The maximum atomic E-state index is 12.3. The Balaban J connectivity index is 2.21. The topological polar surface area (TPSA) is 40.5 Å². The van der Waals surface area contributed by atoms with E-state index >= 15 is 0 Å². The third-order valence-corrected chi connectivity index (χ3v) is 3.80. The number of amides is 1. The van der Waals surface area contributed by atoms with E-state index in [1.807, 2.05) is 4.90 Å². The lowest BCUT2D eigenvalue weighted by molar-refractivity contribution is 0.0680. The number of carbonyl (C=O) groups is 1. The van der Waals surface area contributed by atoms with Gasteiger partial charge < -0.3 is 10.0 Å². The van der Waals surface area contributed by atoms with Crippen molar-refractivity contribution in [2.45, 2.75) is 19.8 Å². The third kappa shape index (κ3) is 2.91. The number of phenols is 1. The van der Waals surface area contributed by atoms with Crippen LogP contribution < -0.4 is 0 Å². The van der Waals surface area contributed by atoms with E-state index in [2.05, 4.69) is 29.5 Å². The Morgan fingerprint density at radius 2 is 2.29 bits per heavy atom. The van der Waals surface area contributed by atoms with Crippen LogP contribution in [0, 0.1) is 9.49 Å². The Morgan fingerprint density at radius 3 is 3.00 bits per heavy atom. The highest BCUT2D eigenvalue weighted by molar-refractivity contribution is 14.1. The van der Waals surface area contributed by atoms with Gasteiger partial charge in [-0.25, -0.2) is 0 Å². The van der Waals surface area contributed by atoms with Gasteiger partial charge in [0.15, 0.2) is 0 Å². The van der Waals surface area contributed by atoms with Crippen LogP contribution in [0.1, 0.15) is 30.1 Å². The Bertz CT molecular complexity index is 433. The van der Waals surface area contributed by atoms with E-state index in [0.29, 0.717) is 11.5 Å². The molecule has 1 aliphatic rings. The summed E-state index contributed by atoms with van der Waals surface area (Å²) in [5.74, 6) is 0.582. The number of likely N-dealkylation sites (tertiary alicyclic amines) is 1. The van der Waals surface area contributed by atoms with Crippen LogP contribution in [0.15, 0.2) is 18.2 Å². The second-order valence-corrected chi connectivity index (χ2v) is 5.91. The quantitative estimate of drug-likeness (QED) is 0.796. The van der Waals surface area contributed by atoms with Gasteiger partial charge in [0.1, 0.15) is 5.75 Å². The summed E-state index contributed by atoms with van der Waals surface area (Å²) in [5, 5.41) is 9.75. The summed E-state index contributed by atoms with van der Waals surface area (Å²) in [6.07, 6.45) is 2.24. The summed E-state index contributed by atoms with van der Waals surface area (Å²) < 4.78 is 0.966. The van der Waals surface area contributed by atoms with E-state index in [0.717, 1.165) is 23.1 Å². The second-order valence-electron chi connectivity index (χ2n) is 4.66. The molecule has 4 heteroatoms. The Labute approximate surface area is 115 Å². The third-order valence-electron chi connectivity index (χ3n) is 3.13. The van der Waals surface area contributed by atoms with Gasteiger partial charge in [0.2, 0.25) is 0 Å². The molecule has 1 aromatic rings. The number of phenolic OH excluding ortho intramolecular Hbond substituents is 1. The highest BCUT2D eigenvalue weighted by Gasteiger charge is 2.23. The lowest BCUT2D eigenvalue weighted by Crippen LogP contribution is -2.39. The van der Waals surface area contributed by atoms with Gasteiger partial charge in [-0.05, 0) is 59.5 Å². The lowest BCUT2D eigenvalue weighted by atomic mass is 9.99. The molecule has 1 heterocycles. The summed E-state index contributed by atoms with van der Waals surface area (Å²) in [6, 6.07) is 5.13. The van der Waals surface area contributed by atoms with Crippen molar-refractivity contribution in [3.63, 3.8) is 0 Å². The molecule has 1 N–H and O–H groups in total. The van der Waals surface area contributed by atoms with Gasteiger partial charge in [-0.2, -0.15) is 0 Å². The molecule has 1 atom stereocenters. The van der Waals surface area contributed by atoms with E-state index in [1.165, 1.54) is 6.42 Å². The number of hydrogen-bond acceptors (Lipinski definition) is 2. The highest BCUT2D eigenvalue weighted by Crippen LogP contribution is 2.24. The summed E-state index contributed by atoms with van der Waals surface area (Å²) in [4.78, 5) is 14.1. The molecule has 1 saturated heterocycles. The zero-order valence-electron chi connectivity index (χ0n) is 9.82. The second kappa shape index (κ2) is 5.25. The molecule has 0 radical (unpaired) electrons. The minimum atomic E-state index is -0.0485. The van der Waals surface area contributed by atoms with E-state index in [1.54, 1.807) is 18.2 Å². The molecule has 1 aliphatic heterocycles. The van der Waals surface area contributed by atoms with Crippen LogP contribution in [-0.2, 0) is 0 Å². The maximum Gasteiger partial charge on any atom is 0.257 e. The van der Waals surface area contributed by atoms with Crippen LogP contribution in [0.4, 0.5) is 0 Å². The first kappa shape index (κ1) is 12.7. The van der Waals surface area contributed by atoms with Crippen molar-refractivity contribution in [1.82, 2.24) is 4.90 Å². The summed E-state index contributed by atoms with van der Waals surface area (Å²) >= 11 is 2.15. The standard InChI is InChI=1S/C13H16INO2/c1-9-3-2-6-15(8-9)13(17)11-7-10(14)4-5-12(11)16/h4-5,7,9,16H,2-3,6,8H2,1H3. The number of carbonyl (C=O) groups excluding carboxylic acids is 1. The zero-order valence-corrected chi connectivity index (χ0v) is 12.0. The number of rotatable bonds is 1. The first-order valence-corrected chi connectivity index (χ1v) is 6.93. The monoisotopic (exact) mass is 345 g/mol. The smallest absolute Gasteiger partial charge is 0.257 e. The van der Waals surface area contributed by atoms with Crippen LogP contribution in [0.5, 0.6) is 5.75 Å². The molecule has 0 spiro atoms. The highest BCUT2D eigenvalue weighted by atomic mass is 127. The molecule has 0 bridgehead atoms. The van der Waals surface area contributed by atoms with Gasteiger partial charge in [0.25, 0.3) is 5.91 Å². The maximum absolute atomic E-state index is 12.3. The number of halogens is 1. The van der Waals surface area contributed by atoms with Crippen molar-refractivity contribution < 1.29 is 9.90 Å². The number of nitrogens with zero attached hydrogens (tertiary/aromatic N) is 1. The molecule has 1 amide bonds. The predicted molar refractivity (Wildman–Crippen MR) is 75.1 cm³/mol. The zero-order chi connectivity index (χ0) is 12.4. The molecular formula is C13H16INO2. The summed E-state index contributed by atoms with van der Waals surface area (Å²) in [7, 11) is 0. The fourth-order valence-electron chi connectivity index (χ4n) is 2.22. The van der Waals surface area contributed by atoms with E-state index in [4.69, 9.17) is 0 Å². The molecule has 0 aliphatic carbocycles. The van der Waals surface area contributed by atoms with E-state index < -0.39 is 0 Å². The normalized spacial score (nSPS) is 20.4. The summed E-state index contributed by atoms with van der Waals surface area (Å²) in [6.45, 7) is 3.76. The predicted octanol–water partition coefficient (Wildman–Crippen LogP) is 2.87. The largest absolute Gasteiger partial charge is 0.507 e. The first-order chi connectivity index (χ1) is 8.08. The number of benzene rings is 1. The number of hydrogen-bond donors (Lipinski definition) is 1. The molecule has 0 saturated carbocycles. The first-order valence-electron chi connectivity index (χ1n) is 5.85. The van der Waals surface area contributed by atoms with Crippen molar-refractivity contribution in [1.29, 1.82) is 0 Å². The van der Waals surface area contributed by atoms with Gasteiger partial charge in [-0.15, -0.1) is 0 Å². The van der Waals surface area contributed by atoms with Crippen molar-refractivity contribution in [2.75, 3.05) is 13.1 Å². The Kier molecular flexibility index (Phi) is 3.91. The van der Waals surface area contributed by atoms with Crippen molar-refractivity contribution in [2.24, 2.45) is 5.92 Å². The molecule has 3 nitrogen and oxygen atoms in total. The number of piperidine rings is 1. The molecule has 17 heavy (non-hydrogen) atoms. The minimum absolute atomic E-state index is 0.0485. The SMILES string of the molecule is CC1CCCN(C(=O)c2cc(I)ccc2O)C1. The molecule has 0 aromatic heterocycles. The minimum Gasteiger partial charge on any atom is -0.507 e. The van der Waals surface area contributed by atoms with Crippen molar-refractivity contribution in [3.05, 3.63) is 27.3 Å². The van der Waals surface area contributed by atoms with Crippen LogP contribution in [-0.4, -0.2) is 29.0 Å². The summed E-state index contributed by atoms with van der Waals surface area (Å²) in [5.41, 5.74) is 0.422. The average molecular weight is 345 g/mol. The van der Waals surface area contributed by atoms with Crippen LogP contribution >= 0.6 is 22.6 Å². The fourth-order valence-corrected chi connectivity index (χ4v) is 2.71. The fraction of sp³-hybridized carbons (Fsp3) is 0.462. The van der Waals surface area contributed by atoms with Crippen molar-refractivity contribution >= 4 is 28.5 Å². The van der Waals surface area contributed by atoms with Crippen LogP contribution in [0.2, 0.25) is 0 Å². The van der Waals surface area contributed by atoms with Gasteiger partial charge >= 0.3 is 0 Å². The number of aromatic hydroxyl groups is 1.